The highest BCUT2D eigenvalue weighted by molar-refractivity contribution is 8.00. The zero-order chi connectivity index (χ0) is 16.0. The minimum atomic E-state index is 0.00808. The summed E-state index contributed by atoms with van der Waals surface area (Å²) in [6.45, 7) is 5.32. The number of carbonyl (C=O) groups excluding carboxylic acids is 1. The zero-order valence-corrected chi connectivity index (χ0v) is 14.5. The number of para-hydroxylation sites is 2. The summed E-state index contributed by atoms with van der Waals surface area (Å²) in [7, 11) is 1.61. The number of anilines is 1. The van der Waals surface area contributed by atoms with Crippen LogP contribution >= 0.6 is 11.8 Å². The second-order valence-electron chi connectivity index (χ2n) is 6.14. The van der Waals surface area contributed by atoms with E-state index in [2.05, 4.69) is 24.5 Å². The zero-order valence-electron chi connectivity index (χ0n) is 13.6. The van der Waals surface area contributed by atoms with Gasteiger partial charge in [-0.3, -0.25) is 4.79 Å². The van der Waals surface area contributed by atoms with Gasteiger partial charge in [0.15, 0.2) is 0 Å². The Morgan fingerprint density at radius 1 is 1.45 bits per heavy atom. The fourth-order valence-electron chi connectivity index (χ4n) is 2.67. The number of ether oxygens (including phenoxy) is 1. The van der Waals surface area contributed by atoms with Crippen LogP contribution in [0, 0.1) is 0 Å². The fraction of sp³-hybridized carbons (Fsp3) is 0.588. The first-order valence-corrected chi connectivity index (χ1v) is 8.81. The molecule has 1 aromatic rings. The Bertz CT molecular complexity index is 501. The lowest BCUT2D eigenvalue weighted by Gasteiger charge is -2.25. The molecule has 0 saturated carbocycles. The second kappa shape index (κ2) is 7.88. The number of nitrogens with one attached hydrogen (secondary N) is 2. The Kier molecular flexibility index (Phi) is 6.15. The van der Waals surface area contributed by atoms with Gasteiger partial charge in [-0.25, -0.2) is 0 Å². The molecule has 2 N–H and O–H groups in total. The first kappa shape index (κ1) is 17.2. The molecule has 1 saturated heterocycles. The van der Waals surface area contributed by atoms with Crippen molar-refractivity contribution < 1.29 is 9.53 Å². The molecule has 0 unspecified atom stereocenters. The highest BCUT2D eigenvalue weighted by atomic mass is 32.2. The van der Waals surface area contributed by atoms with Gasteiger partial charge in [0.2, 0.25) is 5.91 Å². The van der Waals surface area contributed by atoms with E-state index in [-0.39, 0.29) is 11.9 Å². The SMILES string of the molecule is COc1ccccc1NC(=O)C[C@@H](C)NC[C@@]1(C)CCCS1. The quantitative estimate of drug-likeness (QED) is 0.809. The van der Waals surface area contributed by atoms with Crippen LogP contribution < -0.4 is 15.4 Å². The Balaban J connectivity index is 1.78. The van der Waals surface area contributed by atoms with Gasteiger partial charge in [-0.1, -0.05) is 12.1 Å². The van der Waals surface area contributed by atoms with Gasteiger partial charge >= 0.3 is 0 Å². The van der Waals surface area contributed by atoms with Crippen LogP contribution in [0.4, 0.5) is 5.69 Å². The molecule has 0 aliphatic carbocycles. The number of rotatable bonds is 7. The van der Waals surface area contributed by atoms with Gasteiger partial charge < -0.3 is 15.4 Å². The molecule has 1 aromatic carbocycles. The molecule has 2 atom stereocenters. The number of benzene rings is 1. The molecular formula is C17H26N2O2S. The third-order valence-corrected chi connectivity index (χ3v) is 5.54. The van der Waals surface area contributed by atoms with Crippen LogP contribution in [-0.4, -0.2) is 36.1 Å². The van der Waals surface area contributed by atoms with E-state index in [1.807, 2.05) is 36.0 Å². The Hall–Kier alpha value is -1.20. The molecule has 0 aromatic heterocycles. The van der Waals surface area contributed by atoms with Crippen LogP contribution in [0.3, 0.4) is 0 Å². The molecule has 4 nitrogen and oxygen atoms in total. The van der Waals surface area contributed by atoms with Crippen LogP contribution in [0.2, 0.25) is 0 Å². The van der Waals surface area contributed by atoms with E-state index < -0.39 is 0 Å². The molecule has 0 spiro atoms. The molecule has 22 heavy (non-hydrogen) atoms. The summed E-state index contributed by atoms with van der Waals surface area (Å²) in [4.78, 5) is 12.2. The number of carbonyl (C=O) groups is 1. The molecular weight excluding hydrogens is 296 g/mol. The van der Waals surface area contributed by atoms with E-state index in [9.17, 15) is 4.79 Å². The fourth-order valence-corrected chi connectivity index (χ4v) is 3.92. The van der Waals surface area contributed by atoms with Gasteiger partial charge in [-0.2, -0.15) is 11.8 Å². The highest BCUT2D eigenvalue weighted by Crippen LogP contribution is 2.37. The first-order valence-electron chi connectivity index (χ1n) is 7.83. The van der Waals surface area contributed by atoms with Crippen molar-refractivity contribution in [2.75, 3.05) is 24.7 Å². The van der Waals surface area contributed by atoms with Crippen molar-refractivity contribution in [2.45, 2.75) is 43.9 Å². The smallest absolute Gasteiger partial charge is 0.226 e. The lowest BCUT2D eigenvalue weighted by Crippen LogP contribution is -2.39. The second-order valence-corrected chi connectivity index (χ2v) is 7.82. The van der Waals surface area contributed by atoms with Crippen molar-refractivity contribution >= 4 is 23.4 Å². The Morgan fingerprint density at radius 3 is 2.91 bits per heavy atom. The van der Waals surface area contributed by atoms with Crippen LogP contribution in [-0.2, 0) is 4.79 Å². The lowest BCUT2D eigenvalue weighted by molar-refractivity contribution is -0.116. The first-order chi connectivity index (χ1) is 10.5. The largest absolute Gasteiger partial charge is 0.495 e. The standard InChI is InChI=1S/C17H26N2O2S/c1-13(18-12-17(2)9-6-10-22-17)11-16(20)19-14-7-4-5-8-15(14)21-3/h4-5,7-8,13,18H,6,9-12H2,1-3H3,(H,19,20)/t13-,17-/m1/s1. The third kappa shape index (κ3) is 4.92. The highest BCUT2D eigenvalue weighted by Gasteiger charge is 2.29. The minimum Gasteiger partial charge on any atom is -0.495 e. The molecule has 1 aliphatic rings. The molecule has 0 radical (unpaired) electrons. The minimum absolute atomic E-state index is 0.00808. The van der Waals surface area contributed by atoms with Gasteiger partial charge in [-0.15, -0.1) is 0 Å². The van der Waals surface area contributed by atoms with Gasteiger partial charge in [0.1, 0.15) is 5.75 Å². The average Bonchev–Trinajstić information content (AvgIpc) is 2.93. The summed E-state index contributed by atoms with van der Waals surface area (Å²) < 4.78 is 5.57. The van der Waals surface area contributed by atoms with E-state index in [4.69, 9.17) is 4.74 Å². The number of methoxy groups -OCH3 is 1. The molecule has 1 aliphatic heterocycles. The van der Waals surface area contributed by atoms with Crippen molar-refractivity contribution in [3.05, 3.63) is 24.3 Å². The van der Waals surface area contributed by atoms with E-state index >= 15 is 0 Å². The summed E-state index contributed by atoms with van der Waals surface area (Å²) in [5.74, 6) is 1.95. The summed E-state index contributed by atoms with van der Waals surface area (Å²) in [6.07, 6.45) is 3.01. The predicted molar refractivity (Wildman–Crippen MR) is 93.8 cm³/mol. The molecule has 2 rings (SSSR count). The van der Waals surface area contributed by atoms with E-state index in [1.54, 1.807) is 7.11 Å². The maximum atomic E-state index is 12.2. The van der Waals surface area contributed by atoms with Crippen LogP contribution in [0.1, 0.15) is 33.1 Å². The van der Waals surface area contributed by atoms with Crippen molar-refractivity contribution in [1.29, 1.82) is 0 Å². The molecule has 0 bridgehead atoms. The van der Waals surface area contributed by atoms with E-state index in [1.165, 1.54) is 18.6 Å². The molecule has 122 valence electrons. The van der Waals surface area contributed by atoms with E-state index in [0.29, 0.717) is 16.9 Å². The molecule has 1 amide bonds. The maximum Gasteiger partial charge on any atom is 0.226 e. The lowest BCUT2D eigenvalue weighted by atomic mass is 10.1. The normalized spacial score (nSPS) is 22.3. The predicted octanol–water partition coefficient (Wildman–Crippen LogP) is 3.29. The number of thioether (sulfide) groups is 1. The van der Waals surface area contributed by atoms with Gasteiger partial charge in [0.25, 0.3) is 0 Å². The topological polar surface area (TPSA) is 50.4 Å². The molecule has 1 heterocycles. The van der Waals surface area contributed by atoms with Crippen LogP contribution in [0.5, 0.6) is 5.75 Å². The summed E-state index contributed by atoms with van der Waals surface area (Å²) in [5.41, 5.74) is 0.723. The monoisotopic (exact) mass is 322 g/mol. The van der Waals surface area contributed by atoms with Gasteiger partial charge in [0, 0.05) is 23.8 Å². The summed E-state index contributed by atoms with van der Waals surface area (Å²) >= 11 is 2.03. The molecule has 5 heteroatoms. The number of amides is 1. The maximum absolute atomic E-state index is 12.2. The van der Waals surface area contributed by atoms with Crippen molar-refractivity contribution in [2.24, 2.45) is 0 Å². The summed E-state index contributed by atoms with van der Waals surface area (Å²) in [6, 6.07) is 7.63. The Morgan fingerprint density at radius 2 is 2.23 bits per heavy atom. The molecule has 1 fully saturated rings. The van der Waals surface area contributed by atoms with Gasteiger partial charge in [0.05, 0.1) is 12.8 Å². The van der Waals surface area contributed by atoms with Crippen molar-refractivity contribution in [1.82, 2.24) is 5.32 Å². The van der Waals surface area contributed by atoms with Crippen molar-refractivity contribution in [3.8, 4) is 5.75 Å². The van der Waals surface area contributed by atoms with Crippen molar-refractivity contribution in [3.63, 3.8) is 0 Å². The summed E-state index contributed by atoms with van der Waals surface area (Å²) in [5, 5.41) is 6.42. The van der Waals surface area contributed by atoms with Crippen LogP contribution in [0.15, 0.2) is 24.3 Å². The number of hydrogen-bond donors (Lipinski definition) is 2. The average molecular weight is 322 g/mol. The van der Waals surface area contributed by atoms with Gasteiger partial charge in [-0.05, 0) is 44.6 Å². The Labute approximate surface area is 137 Å². The van der Waals surface area contributed by atoms with E-state index in [0.717, 1.165) is 12.2 Å². The van der Waals surface area contributed by atoms with Crippen LogP contribution in [0.25, 0.3) is 0 Å². The number of hydrogen-bond acceptors (Lipinski definition) is 4. The third-order valence-electron chi connectivity index (χ3n) is 4.00.